The number of hydrogen-bond acceptors (Lipinski definition) is 5. The maximum absolute atomic E-state index is 11.8. The van der Waals surface area contributed by atoms with E-state index in [-0.39, 0.29) is 18.3 Å². The van der Waals surface area contributed by atoms with Gasteiger partial charge in [-0.15, -0.1) is 23.7 Å². The van der Waals surface area contributed by atoms with Gasteiger partial charge < -0.3 is 15.5 Å². The Hall–Kier alpha value is -0.690. The summed E-state index contributed by atoms with van der Waals surface area (Å²) >= 11 is 1.52. The highest BCUT2D eigenvalue weighted by atomic mass is 35.5. The number of carbonyl (C=O) groups is 1. The van der Waals surface area contributed by atoms with Crippen LogP contribution in [-0.4, -0.2) is 49.5 Å². The molecule has 0 unspecified atom stereocenters. The van der Waals surface area contributed by atoms with Crippen molar-refractivity contribution in [1.29, 1.82) is 0 Å². The Morgan fingerprint density at radius 2 is 2.28 bits per heavy atom. The minimum atomic E-state index is -0.0534. The lowest BCUT2D eigenvalue weighted by molar-refractivity contribution is 0.0953. The Kier molecular flexibility index (Phi) is 6.01. The largest absolute Gasteiger partial charge is 0.349 e. The Morgan fingerprint density at radius 3 is 3.00 bits per heavy atom. The molecule has 0 fully saturated rings. The van der Waals surface area contributed by atoms with Crippen LogP contribution in [0.4, 0.5) is 0 Å². The molecule has 0 radical (unpaired) electrons. The SMILES string of the molecule is CNCCNC(=O)c1nc2c(s1)CN(C)CC2.Cl. The summed E-state index contributed by atoms with van der Waals surface area (Å²) in [5, 5.41) is 6.44. The normalized spacial score (nSPS) is 14.8. The third-order valence-corrected chi connectivity index (χ3v) is 3.86. The third kappa shape index (κ3) is 3.65. The first kappa shape index (κ1) is 15.4. The van der Waals surface area contributed by atoms with E-state index in [1.807, 2.05) is 7.05 Å². The third-order valence-electron chi connectivity index (χ3n) is 2.78. The highest BCUT2D eigenvalue weighted by Gasteiger charge is 2.20. The number of nitrogens with one attached hydrogen (secondary N) is 2. The fourth-order valence-electron chi connectivity index (χ4n) is 1.80. The summed E-state index contributed by atoms with van der Waals surface area (Å²) in [5.74, 6) is -0.0534. The van der Waals surface area contributed by atoms with Gasteiger partial charge in [0.25, 0.3) is 5.91 Å². The Balaban J connectivity index is 0.00000162. The molecule has 102 valence electrons. The van der Waals surface area contributed by atoms with Gasteiger partial charge in [-0.1, -0.05) is 0 Å². The number of fused-ring (bicyclic) bond motifs is 1. The molecule has 7 heteroatoms. The molecule has 1 aliphatic heterocycles. The van der Waals surface area contributed by atoms with Crippen LogP contribution in [0.3, 0.4) is 0 Å². The molecular weight excluding hydrogens is 272 g/mol. The topological polar surface area (TPSA) is 57.3 Å². The van der Waals surface area contributed by atoms with Crippen molar-refractivity contribution in [3.8, 4) is 0 Å². The average molecular weight is 291 g/mol. The first-order valence-electron chi connectivity index (χ1n) is 5.80. The fraction of sp³-hybridized carbons (Fsp3) is 0.636. The number of hydrogen-bond donors (Lipinski definition) is 2. The number of likely N-dealkylation sites (N-methyl/N-ethyl adjacent to an activating group) is 2. The Labute approximate surface area is 117 Å². The standard InChI is InChI=1S/C11H18N4OS.ClH/c1-12-4-5-13-10(16)11-14-8-3-6-15(2)7-9(8)17-11;/h12H,3-7H2,1-2H3,(H,13,16);1H. The van der Waals surface area contributed by atoms with Crippen LogP contribution < -0.4 is 10.6 Å². The van der Waals surface area contributed by atoms with Crippen molar-refractivity contribution in [2.75, 3.05) is 33.7 Å². The van der Waals surface area contributed by atoms with Crippen LogP contribution >= 0.6 is 23.7 Å². The maximum Gasteiger partial charge on any atom is 0.280 e. The highest BCUT2D eigenvalue weighted by Crippen LogP contribution is 2.24. The summed E-state index contributed by atoms with van der Waals surface area (Å²) in [5.41, 5.74) is 1.10. The van der Waals surface area contributed by atoms with Crippen LogP contribution in [0.5, 0.6) is 0 Å². The predicted octanol–water partition coefficient (Wildman–Crippen LogP) is 0.502. The molecule has 1 aromatic rings. The van der Waals surface area contributed by atoms with Crippen LogP contribution in [0, 0.1) is 0 Å². The van der Waals surface area contributed by atoms with Crippen molar-refractivity contribution < 1.29 is 4.79 Å². The van der Waals surface area contributed by atoms with E-state index in [2.05, 4.69) is 27.6 Å². The lowest BCUT2D eigenvalue weighted by atomic mass is 10.2. The molecule has 1 amide bonds. The number of thiazole rings is 1. The minimum absolute atomic E-state index is 0. The molecule has 0 aliphatic carbocycles. The number of carbonyl (C=O) groups excluding carboxylic acids is 1. The van der Waals surface area contributed by atoms with Crippen LogP contribution in [0.2, 0.25) is 0 Å². The molecule has 0 saturated carbocycles. The molecule has 2 rings (SSSR count). The number of amides is 1. The van der Waals surface area contributed by atoms with Gasteiger partial charge in [-0.3, -0.25) is 4.79 Å². The van der Waals surface area contributed by atoms with E-state index in [0.717, 1.165) is 31.7 Å². The first-order valence-corrected chi connectivity index (χ1v) is 6.62. The Bertz CT molecular complexity index is 410. The average Bonchev–Trinajstić information content (AvgIpc) is 2.72. The second-order valence-corrected chi connectivity index (χ2v) is 5.32. The van der Waals surface area contributed by atoms with Crippen molar-refractivity contribution in [1.82, 2.24) is 20.5 Å². The van der Waals surface area contributed by atoms with Crippen LogP contribution in [0.1, 0.15) is 20.4 Å². The highest BCUT2D eigenvalue weighted by molar-refractivity contribution is 7.13. The van der Waals surface area contributed by atoms with E-state index in [9.17, 15) is 4.79 Å². The van der Waals surface area contributed by atoms with Crippen molar-refractivity contribution in [3.05, 3.63) is 15.6 Å². The van der Waals surface area contributed by atoms with Crippen molar-refractivity contribution in [2.24, 2.45) is 0 Å². The number of nitrogens with zero attached hydrogens (tertiary/aromatic N) is 2. The van der Waals surface area contributed by atoms with Crippen LogP contribution in [0.15, 0.2) is 0 Å². The molecular formula is C11H19ClN4OS. The summed E-state index contributed by atoms with van der Waals surface area (Å²) < 4.78 is 0. The molecule has 0 saturated heterocycles. The van der Waals surface area contributed by atoms with E-state index in [0.29, 0.717) is 11.6 Å². The summed E-state index contributed by atoms with van der Waals surface area (Å²) in [4.78, 5) is 19.7. The van der Waals surface area contributed by atoms with Gasteiger partial charge in [-0.05, 0) is 14.1 Å². The van der Waals surface area contributed by atoms with Crippen molar-refractivity contribution in [3.63, 3.8) is 0 Å². The number of rotatable bonds is 4. The molecule has 18 heavy (non-hydrogen) atoms. The number of halogens is 1. The van der Waals surface area contributed by atoms with E-state index >= 15 is 0 Å². The molecule has 0 bridgehead atoms. The van der Waals surface area contributed by atoms with Crippen LogP contribution in [0.25, 0.3) is 0 Å². The predicted molar refractivity (Wildman–Crippen MR) is 75.7 cm³/mol. The summed E-state index contributed by atoms with van der Waals surface area (Å²) in [6.45, 7) is 3.35. The van der Waals surface area contributed by atoms with Gasteiger partial charge in [0.2, 0.25) is 0 Å². The van der Waals surface area contributed by atoms with Gasteiger partial charge in [0.15, 0.2) is 5.01 Å². The number of aromatic nitrogens is 1. The smallest absolute Gasteiger partial charge is 0.280 e. The van der Waals surface area contributed by atoms with Gasteiger partial charge in [0.05, 0.1) is 5.69 Å². The van der Waals surface area contributed by atoms with Gasteiger partial charge >= 0.3 is 0 Å². The van der Waals surface area contributed by atoms with Crippen molar-refractivity contribution in [2.45, 2.75) is 13.0 Å². The van der Waals surface area contributed by atoms with Crippen LogP contribution in [-0.2, 0) is 13.0 Å². The van der Waals surface area contributed by atoms with E-state index in [1.165, 1.54) is 16.2 Å². The summed E-state index contributed by atoms with van der Waals surface area (Å²) in [7, 11) is 3.96. The van der Waals surface area contributed by atoms with Crippen molar-refractivity contribution >= 4 is 29.7 Å². The summed E-state index contributed by atoms with van der Waals surface area (Å²) in [6, 6.07) is 0. The van der Waals surface area contributed by atoms with Gasteiger partial charge in [0.1, 0.15) is 0 Å². The van der Waals surface area contributed by atoms with E-state index < -0.39 is 0 Å². The molecule has 1 aromatic heterocycles. The molecule has 2 N–H and O–H groups in total. The molecule has 2 heterocycles. The first-order chi connectivity index (χ1) is 8.20. The maximum atomic E-state index is 11.8. The van der Waals surface area contributed by atoms with Gasteiger partial charge in [-0.2, -0.15) is 0 Å². The zero-order valence-corrected chi connectivity index (χ0v) is 12.3. The molecule has 0 aromatic carbocycles. The Morgan fingerprint density at radius 1 is 1.50 bits per heavy atom. The van der Waals surface area contributed by atoms with E-state index in [4.69, 9.17) is 0 Å². The van der Waals surface area contributed by atoms with E-state index in [1.54, 1.807) is 0 Å². The lowest BCUT2D eigenvalue weighted by Gasteiger charge is -2.20. The monoisotopic (exact) mass is 290 g/mol. The molecule has 5 nitrogen and oxygen atoms in total. The zero-order chi connectivity index (χ0) is 12.3. The second-order valence-electron chi connectivity index (χ2n) is 4.24. The van der Waals surface area contributed by atoms with Gasteiger partial charge in [-0.25, -0.2) is 4.98 Å². The fourth-order valence-corrected chi connectivity index (χ4v) is 2.90. The lowest BCUT2D eigenvalue weighted by Crippen LogP contribution is -2.30. The minimum Gasteiger partial charge on any atom is -0.349 e. The van der Waals surface area contributed by atoms with Gasteiger partial charge in [0, 0.05) is 37.5 Å². The second kappa shape index (κ2) is 7.04. The molecule has 0 spiro atoms. The summed E-state index contributed by atoms with van der Waals surface area (Å²) in [6.07, 6.45) is 0.951. The quantitative estimate of drug-likeness (QED) is 0.793. The molecule has 0 atom stereocenters. The molecule has 1 aliphatic rings. The zero-order valence-electron chi connectivity index (χ0n) is 10.7.